The summed E-state index contributed by atoms with van der Waals surface area (Å²) in [6.07, 6.45) is 6.45. The molecule has 23 heavy (non-hydrogen) atoms. The van der Waals surface area contributed by atoms with E-state index < -0.39 is 0 Å². The van der Waals surface area contributed by atoms with Crippen LogP contribution < -0.4 is 10.1 Å². The minimum absolute atomic E-state index is 0.0820. The van der Waals surface area contributed by atoms with Crippen molar-refractivity contribution in [3.8, 4) is 5.75 Å². The number of carbonyl (C=O) groups excluding carboxylic acids is 1. The minimum Gasteiger partial charge on any atom is -0.497 e. The van der Waals surface area contributed by atoms with Crippen LogP contribution in [0.3, 0.4) is 0 Å². The third-order valence-electron chi connectivity index (χ3n) is 4.32. The maximum Gasteiger partial charge on any atom is 0.230 e. The monoisotopic (exact) mass is 333 g/mol. The van der Waals surface area contributed by atoms with Crippen LogP contribution >= 0.6 is 11.8 Å². The number of amides is 1. The molecule has 0 unspecified atom stereocenters. The van der Waals surface area contributed by atoms with E-state index in [1.807, 2.05) is 18.2 Å². The van der Waals surface area contributed by atoms with Crippen molar-refractivity contribution < 1.29 is 9.53 Å². The van der Waals surface area contributed by atoms with E-state index in [2.05, 4.69) is 15.3 Å². The Morgan fingerprint density at radius 3 is 3.00 bits per heavy atom. The first kappa shape index (κ1) is 16.2. The van der Waals surface area contributed by atoms with Crippen LogP contribution in [0.25, 0.3) is 11.0 Å². The van der Waals surface area contributed by atoms with E-state index in [-0.39, 0.29) is 5.91 Å². The number of methoxy groups -OCH3 is 1. The Morgan fingerprint density at radius 2 is 2.22 bits per heavy atom. The molecule has 5 nitrogen and oxygen atoms in total. The van der Waals surface area contributed by atoms with Gasteiger partial charge in [0.1, 0.15) is 5.75 Å². The van der Waals surface area contributed by atoms with Gasteiger partial charge in [-0.15, -0.1) is 0 Å². The summed E-state index contributed by atoms with van der Waals surface area (Å²) in [6.45, 7) is 0.816. The number of hydrogen-bond donors (Lipinski definition) is 2. The van der Waals surface area contributed by atoms with Gasteiger partial charge in [0.15, 0.2) is 5.16 Å². The smallest absolute Gasteiger partial charge is 0.230 e. The van der Waals surface area contributed by atoms with Gasteiger partial charge in [-0.3, -0.25) is 4.79 Å². The Bertz CT molecular complexity index is 665. The fraction of sp³-hybridized carbons (Fsp3) is 0.529. The Hall–Kier alpha value is -1.69. The topological polar surface area (TPSA) is 67.0 Å². The fourth-order valence-corrected chi connectivity index (χ4v) is 3.71. The number of hydrogen-bond acceptors (Lipinski definition) is 4. The molecule has 0 atom stereocenters. The molecule has 1 fully saturated rings. The average Bonchev–Trinajstić information content (AvgIpc) is 3.01. The van der Waals surface area contributed by atoms with Gasteiger partial charge in [-0.1, -0.05) is 31.0 Å². The van der Waals surface area contributed by atoms with Crippen LogP contribution in [0.2, 0.25) is 0 Å². The van der Waals surface area contributed by atoms with E-state index in [1.165, 1.54) is 43.9 Å². The molecule has 2 N–H and O–H groups in total. The van der Waals surface area contributed by atoms with Gasteiger partial charge in [-0.2, -0.15) is 0 Å². The molecule has 0 spiro atoms. The molecule has 3 rings (SSSR count). The molecule has 2 aromatic rings. The molecule has 124 valence electrons. The predicted octanol–water partition coefficient (Wildman–Crippen LogP) is 3.36. The molecule has 1 aromatic heterocycles. The summed E-state index contributed by atoms with van der Waals surface area (Å²) in [4.78, 5) is 19.7. The molecule has 6 heteroatoms. The number of H-pyrrole nitrogens is 1. The number of rotatable bonds is 6. The summed E-state index contributed by atoms with van der Waals surface area (Å²) in [6, 6.07) is 5.71. The highest BCUT2D eigenvalue weighted by molar-refractivity contribution is 7.99. The first-order chi connectivity index (χ1) is 11.2. The second-order valence-electron chi connectivity index (χ2n) is 6.02. The van der Waals surface area contributed by atoms with Crippen LogP contribution in [0.4, 0.5) is 0 Å². The van der Waals surface area contributed by atoms with E-state index in [9.17, 15) is 4.79 Å². The molecule has 0 saturated heterocycles. The molecule has 1 amide bonds. The highest BCUT2D eigenvalue weighted by Gasteiger charge is 2.14. The van der Waals surface area contributed by atoms with Gasteiger partial charge < -0.3 is 15.0 Å². The summed E-state index contributed by atoms with van der Waals surface area (Å²) in [5.74, 6) is 1.93. The highest BCUT2D eigenvalue weighted by Crippen LogP contribution is 2.24. The third-order valence-corrected chi connectivity index (χ3v) is 5.19. The Kier molecular flexibility index (Phi) is 5.43. The Labute approximate surface area is 140 Å². The largest absolute Gasteiger partial charge is 0.497 e. The molecule has 0 aliphatic heterocycles. The van der Waals surface area contributed by atoms with Crippen molar-refractivity contribution in [2.24, 2.45) is 5.92 Å². The zero-order valence-corrected chi connectivity index (χ0v) is 14.2. The van der Waals surface area contributed by atoms with Crippen molar-refractivity contribution in [2.45, 2.75) is 37.3 Å². The molecular formula is C17H23N3O2S. The first-order valence-corrected chi connectivity index (χ1v) is 9.16. The van der Waals surface area contributed by atoms with Gasteiger partial charge in [-0.25, -0.2) is 4.98 Å². The van der Waals surface area contributed by atoms with Gasteiger partial charge in [0.25, 0.3) is 0 Å². The summed E-state index contributed by atoms with van der Waals surface area (Å²) in [5, 5.41) is 3.82. The first-order valence-electron chi connectivity index (χ1n) is 8.18. The quantitative estimate of drug-likeness (QED) is 0.796. The van der Waals surface area contributed by atoms with E-state index in [1.54, 1.807) is 7.11 Å². The van der Waals surface area contributed by atoms with Gasteiger partial charge in [-0.05, 0) is 30.9 Å². The van der Waals surface area contributed by atoms with E-state index in [0.717, 1.165) is 28.5 Å². The summed E-state index contributed by atoms with van der Waals surface area (Å²) < 4.78 is 5.20. The number of nitrogens with one attached hydrogen (secondary N) is 2. The van der Waals surface area contributed by atoms with Gasteiger partial charge in [0, 0.05) is 12.6 Å². The molecule has 1 saturated carbocycles. The lowest BCUT2D eigenvalue weighted by atomic mass is 9.89. The molecular weight excluding hydrogens is 310 g/mol. The van der Waals surface area contributed by atoms with Gasteiger partial charge in [0.05, 0.1) is 23.9 Å². The SMILES string of the molecule is COc1ccc2nc(SCC(=O)NCC3CCCCC3)[nH]c2c1. The third kappa shape index (κ3) is 4.41. The number of benzene rings is 1. The second-order valence-corrected chi connectivity index (χ2v) is 6.99. The normalized spacial score (nSPS) is 15.7. The van der Waals surface area contributed by atoms with E-state index >= 15 is 0 Å². The van der Waals surface area contributed by atoms with E-state index in [0.29, 0.717) is 11.7 Å². The molecule has 1 aliphatic rings. The predicted molar refractivity (Wildman–Crippen MR) is 93.0 cm³/mol. The van der Waals surface area contributed by atoms with Gasteiger partial charge in [0.2, 0.25) is 5.91 Å². The molecule has 1 aliphatic carbocycles. The van der Waals surface area contributed by atoms with Crippen LogP contribution in [0.5, 0.6) is 5.75 Å². The van der Waals surface area contributed by atoms with Crippen molar-refractivity contribution in [2.75, 3.05) is 19.4 Å². The van der Waals surface area contributed by atoms with Crippen molar-refractivity contribution in [1.82, 2.24) is 15.3 Å². The summed E-state index contributed by atoms with van der Waals surface area (Å²) in [7, 11) is 1.64. The van der Waals surface area contributed by atoms with E-state index in [4.69, 9.17) is 4.74 Å². The number of aromatic nitrogens is 2. The van der Waals surface area contributed by atoms with Crippen molar-refractivity contribution in [3.63, 3.8) is 0 Å². The molecule has 1 heterocycles. The lowest BCUT2D eigenvalue weighted by Crippen LogP contribution is -2.31. The number of nitrogens with zero attached hydrogens (tertiary/aromatic N) is 1. The lowest BCUT2D eigenvalue weighted by Gasteiger charge is -2.21. The van der Waals surface area contributed by atoms with Crippen LogP contribution in [0.15, 0.2) is 23.4 Å². The summed E-state index contributed by atoms with van der Waals surface area (Å²) >= 11 is 1.43. The Morgan fingerprint density at radius 1 is 1.39 bits per heavy atom. The standard InChI is InChI=1S/C17H23N3O2S/c1-22-13-7-8-14-15(9-13)20-17(19-14)23-11-16(21)18-10-12-5-3-2-4-6-12/h7-9,12H,2-6,10-11H2,1H3,(H,18,21)(H,19,20). The second kappa shape index (κ2) is 7.73. The maximum atomic E-state index is 12.0. The van der Waals surface area contributed by atoms with Crippen molar-refractivity contribution in [1.29, 1.82) is 0 Å². The molecule has 0 bridgehead atoms. The Balaban J connectivity index is 1.48. The summed E-state index contributed by atoms with van der Waals surface area (Å²) in [5.41, 5.74) is 1.81. The fourth-order valence-electron chi connectivity index (χ4n) is 3.00. The zero-order valence-electron chi connectivity index (χ0n) is 13.4. The number of thioether (sulfide) groups is 1. The van der Waals surface area contributed by atoms with Crippen LogP contribution in [0, 0.1) is 5.92 Å². The van der Waals surface area contributed by atoms with Crippen LogP contribution in [-0.2, 0) is 4.79 Å². The number of carbonyl (C=O) groups is 1. The maximum absolute atomic E-state index is 12.0. The highest BCUT2D eigenvalue weighted by atomic mass is 32.2. The average molecular weight is 333 g/mol. The molecule has 1 aromatic carbocycles. The zero-order chi connectivity index (χ0) is 16.1. The number of imidazole rings is 1. The van der Waals surface area contributed by atoms with Crippen molar-refractivity contribution >= 4 is 28.7 Å². The van der Waals surface area contributed by atoms with Crippen molar-refractivity contribution in [3.05, 3.63) is 18.2 Å². The molecule has 0 radical (unpaired) electrons. The minimum atomic E-state index is 0.0820. The van der Waals surface area contributed by atoms with Crippen LogP contribution in [0.1, 0.15) is 32.1 Å². The number of aromatic amines is 1. The number of fused-ring (bicyclic) bond motifs is 1. The van der Waals surface area contributed by atoms with Crippen LogP contribution in [-0.4, -0.2) is 35.3 Å². The lowest BCUT2D eigenvalue weighted by molar-refractivity contribution is -0.118. The number of ether oxygens (including phenoxy) is 1. The van der Waals surface area contributed by atoms with Gasteiger partial charge >= 0.3 is 0 Å².